The third kappa shape index (κ3) is 19.5. The molecule has 10 heteroatoms. The molecule has 1 aliphatic heterocycles. The van der Waals surface area contributed by atoms with Crippen LogP contribution in [0, 0.1) is 5.92 Å². The number of ether oxygens (including phenoxy) is 4. The molecule has 0 aromatic rings. The van der Waals surface area contributed by atoms with E-state index in [1.807, 2.05) is 0 Å². The van der Waals surface area contributed by atoms with Crippen LogP contribution in [0.15, 0.2) is 0 Å². The first-order valence-corrected chi connectivity index (χ1v) is 14.9. The summed E-state index contributed by atoms with van der Waals surface area (Å²) >= 11 is 0. The van der Waals surface area contributed by atoms with Crippen molar-refractivity contribution in [2.75, 3.05) is 26.4 Å². The van der Waals surface area contributed by atoms with Gasteiger partial charge in [0.2, 0.25) is 0 Å². The molecule has 0 aliphatic carbocycles. The molecule has 1 rings (SSSR count). The zero-order chi connectivity index (χ0) is 28.6. The van der Waals surface area contributed by atoms with Crippen molar-refractivity contribution in [3.63, 3.8) is 0 Å². The fraction of sp³-hybridized carbons (Fsp3) is 0.862. The first kappa shape index (κ1) is 34.8. The van der Waals surface area contributed by atoms with Gasteiger partial charge in [0.05, 0.1) is 31.8 Å². The van der Waals surface area contributed by atoms with E-state index >= 15 is 0 Å². The predicted molar refractivity (Wildman–Crippen MR) is 144 cm³/mol. The highest BCUT2D eigenvalue weighted by atomic mass is 17.1. The second kappa shape index (κ2) is 23.7. The van der Waals surface area contributed by atoms with Crippen molar-refractivity contribution in [1.29, 1.82) is 0 Å². The van der Waals surface area contributed by atoms with Gasteiger partial charge in [0.25, 0.3) is 0 Å². The van der Waals surface area contributed by atoms with Gasteiger partial charge in [-0.25, -0.2) is 4.79 Å². The Morgan fingerprint density at radius 3 is 1.72 bits per heavy atom. The molecule has 2 unspecified atom stereocenters. The number of esters is 3. The van der Waals surface area contributed by atoms with E-state index in [0.29, 0.717) is 64.8 Å². The van der Waals surface area contributed by atoms with E-state index in [0.717, 1.165) is 57.8 Å². The lowest BCUT2D eigenvalue weighted by molar-refractivity contribution is -0.240. The van der Waals surface area contributed by atoms with Crippen LogP contribution >= 0.6 is 0 Å². The summed E-state index contributed by atoms with van der Waals surface area (Å²) in [6.45, 7) is 3.96. The van der Waals surface area contributed by atoms with Gasteiger partial charge in [-0.2, -0.15) is 5.26 Å². The van der Waals surface area contributed by atoms with E-state index in [2.05, 4.69) is 11.8 Å². The summed E-state index contributed by atoms with van der Waals surface area (Å²) in [5.41, 5.74) is 0. The first-order chi connectivity index (χ1) is 19.0. The zero-order valence-electron chi connectivity index (χ0n) is 23.8. The van der Waals surface area contributed by atoms with E-state index < -0.39 is 11.9 Å². The molecule has 1 N–H and O–H groups in total. The van der Waals surface area contributed by atoms with Crippen LogP contribution < -0.4 is 0 Å². The monoisotopic (exact) mass is 558 g/mol. The topological polar surface area (TPSA) is 135 Å². The molecule has 0 radical (unpaired) electrons. The maximum absolute atomic E-state index is 11.9. The molecule has 0 spiro atoms. The predicted octanol–water partition coefficient (Wildman–Crippen LogP) is 5.69. The van der Waals surface area contributed by atoms with E-state index in [9.17, 15) is 19.2 Å². The van der Waals surface area contributed by atoms with Gasteiger partial charge in [-0.15, -0.1) is 0 Å². The minimum Gasteiger partial charge on any atom is -0.466 e. The standard InChI is InChI=1S/C29H50O10/c1-2-3-4-9-19-36-26(30)16-7-5-10-20-37-27(31)17-8-6-11-21-38-28(32)18-12-14-24(29(33)39-34)23-25-15-13-22-35-25/h24-25,34H,2-23H2,1H3. The minimum atomic E-state index is -0.692. The fourth-order valence-electron chi connectivity index (χ4n) is 4.45. The lowest BCUT2D eigenvalue weighted by Gasteiger charge is -2.17. The van der Waals surface area contributed by atoms with Gasteiger partial charge in [0.1, 0.15) is 0 Å². The Labute approximate surface area is 233 Å². The largest absolute Gasteiger partial charge is 0.466 e. The van der Waals surface area contributed by atoms with Crippen LogP contribution in [0.3, 0.4) is 0 Å². The Bertz CT molecular complexity index is 675. The smallest absolute Gasteiger partial charge is 0.345 e. The second-order valence-electron chi connectivity index (χ2n) is 10.2. The molecule has 1 heterocycles. The average molecular weight is 559 g/mol. The van der Waals surface area contributed by atoms with Crippen LogP contribution in [0.5, 0.6) is 0 Å². The molecule has 1 fully saturated rings. The first-order valence-electron chi connectivity index (χ1n) is 14.9. The third-order valence-corrected chi connectivity index (χ3v) is 6.77. The molecular formula is C29H50O10. The van der Waals surface area contributed by atoms with E-state index in [1.54, 1.807) is 0 Å². The van der Waals surface area contributed by atoms with Crippen LogP contribution in [0.4, 0.5) is 0 Å². The van der Waals surface area contributed by atoms with E-state index in [1.165, 1.54) is 6.42 Å². The highest BCUT2D eigenvalue weighted by Gasteiger charge is 2.27. The summed E-state index contributed by atoms with van der Waals surface area (Å²) in [6.07, 6.45) is 12.8. The van der Waals surface area contributed by atoms with Crippen molar-refractivity contribution in [3.05, 3.63) is 0 Å². The van der Waals surface area contributed by atoms with Gasteiger partial charge in [-0.05, 0) is 77.0 Å². The molecule has 1 aliphatic rings. The number of carbonyl (C=O) groups is 4. The number of hydrogen-bond donors (Lipinski definition) is 1. The van der Waals surface area contributed by atoms with E-state index in [4.69, 9.17) is 24.2 Å². The van der Waals surface area contributed by atoms with Gasteiger partial charge in [-0.1, -0.05) is 26.2 Å². The summed E-state index contributed by atoms with van der Waals surface area (Å²) < 4.78 is 21.2. The molecule has 0 amide bonds. The van der Waals surface area contributed by atoms with Crippen LogP contribution in [0.25, 0.3) is 0 Å². The molecule has 10 nitrogen and oxygen atoms in total. The highest BCUT2D eigenvalue weighted by Crippen LogP contribution is 2.24. The maximum Gasteiger partial charge on any atom is 0.345 e. The van der Waals surface area contributed by atoms with Crippen LogP contribution in [0.2, 0.25) is 0 Å². The van der Waals surface area contributed by atoms with Gasteiger partial charge in [0, 0.05) is 25.9 Å². The molecule has 0 aromatic carbocycles. The molecule has 226 valence electrons. The Morgan fingerprint density at radius 1 is 0.744 bits per heavy atom. The lowest BCUT2D eigenvalue weighted by Crippen LogP contribution is -2.22. The summed E-state index contributed by atoms with van der Waals surface area (Å²) in [6, 6.07) is 0. The highest BCUT2D eigenvalue weighted by molar-refractivity contribution is 5.72. The maximum atomic E-state index is 11.9. The van der Waals surface area contributed by atoms with Crippen LogP contribution in [-0.2, 0) is 43.0 Å². The molecule has 0 saturated carbocycles. The van der Waals surface area contributed by atoms with Crippen molar-refractivity contribution in [2.24, 2.45) is 5.92 Å². The summed E-state index contributed by atoms with van der Waals surface area (Å²) in [5.74, 6) is -1.92. The number of rotatable bonds is 24. The summed E-state index contributed by atoms with van der Waals surface area (Å²) in [5, 5.41) is 8.71. The Kier molecular flexibility index (Phi) is 21.1. The second-order valence-corrected chi connectivity index (χ2v) is 10.2. The average Bonchev–Trinajstić information content (AvgIpc) is 3.44. The van der Waals surface area contributed by atoms with Crippen molar-refractivity contribution >= 4 is 23.9 Å². The van der Waals surface area contributed by atoms with Gasteiger partial charge in [-0.3, -0.25) is 14.4 Å². The number of hydrogen-bond acceptors (Lipinski definition) is 10. The molecule has 1 saturated heterocycles. The van der Waals surface area contributed by atoms with Crippen LogP contribution in [-0.4, -0.2) is 61.7 Å². The van der Waals surface area contributed by atoms with Crippen molar-refractivity contribution in [1.82, 2.24) is 0 Å². The SMILES string of the molecule is CCCCCCOC(=O)CCCCCOC(=O)CCCCCOC(=O)CCCC(CC1CCCO1)C(=O)OO. The molecule has 0 bridgehead atoms. The quantitative estimate of drug-likeness (QED) is 0.0517. The number of unbranched alkanes of at least 4 members (excludes halogenated alkanes) is 7. The minimum absolute atomic E-state index is 0.00893. The Balaban J connectivity index is 1.93. The molecular weight excluding hydrogens is 508 g/mol. The van der Waals surface area contributed by atoms with Gasteiger partial charge >= 0.3 is 23.9 Å². The zero-order valence-corrected chi connectivity index (χ0v) is 23.8. The third-order valence-electron chi connectivity index (χ3n) is 6.77. The van der Waals surface area contributed by atoms with Crippen LogP contribution in [0.1, 0.15) is 122 Å². The molecule has 0 aromatic heterocycles. The Morgan fingerprint density at radius 2 is 1.26 bits per heavy atom. The lowest BCUT2D eigenvalue weighted by atomic mass is 9.94. The van der Waals surface area contributed by atoms with Crippen molar-refractivity contribution in [2.45, 2.75) is 129 Å². The van der Waals surface area contributed by atoms with E-state index in [-0.39, 0.29) is 37.0 Å². The Hall–Kier alpha value is -2.20. The molecule has 2 atom stereocenters. The van der Waals surface area contributed by atoms with Crippen molar-refractivity contribution in [3.8, 4) is 0 Å². The summed E-state index contributed by atoms with van der Waals surface area (Å²) in [7, 11) is 0. The van der Waals surface area contributed by atoms with Gasteiger partial charge in [0.15, 0.2) is 0 Å². The fourth-order valence-corrected chi connectivity index (χ4v) is 4.45. The normalized spacial score (nSPS) is 15.5. The molecule has 39 heavy (non-hydrogen) atoms. The van der Waals surface area contributed by atoms with Crippen molar-refractivity contribution < 1.29 is 48.3 Å². The van der Waals surface area contributed by atoms with Gasteiger partial charge < -0.3 is 23.8 Å². The summed E-state index contributed by atoms with van der Waals surface area (Å²) in [4.78, 5) is 51.1. The number of carbonyl (C=O) groups excluding carboxylic acids is 4.